The first-order valence-electron chi connectivity index (χ1n) is 9.00. The van der Waals surface area contributed by atoms with Crippen molar-refractivity contribution in [3.63, 3.8) is 0 Å². The normalized spacial score (nSPS) is 30.4. The van der Waals surface area contributed by atoms with Crippen LogP contribution in [0.5, 0.6) is 0 Å². The molecule has 20 heavy (non-hydrogen) atoms. The molecule has 2 rings (SSSR count). The molecule has 1 aliphatic heterocycles. The summed E-state index contributed by atoms with van der Waals surface area (Å²) in [6.45, 7) is 14.9. The van der Waals surface area contributed by atoms with Gasteiger partial charge in [-0.25, -0.2) is 0 Å². The third-order valence-electron chi connectivity index (χ3n) is 6.27. The Morgan fingerprint density at radius 3 is 2.10 bits per heavy atom. The molecule has 1 nitrogen and oxygen atoms in total. The van der Waals surface area contributed by atoms with Crippen LogP contribution in [0.2, 0.25) is 0 Å². The molecule has 0 spiro atoms. The standard InChI is InChI=1S/C19H37N/c1-18(2,3)17-8-6-7-15(13-17)14-19(4,5)16-9-11-20-12-10-16/h15-17,20H,6-14H2,1-5H3. The summed E-state index contributed by atoms with van der Waals surface area (Å²) in [6, 6.07) is 0. The molecule has 0 radical (unpaired) electrons. The van der Waals surface area contributed by atoms with Gasteiger partial charge in [-0.05, 0) is 73.8 Å². The fourth-order valence-electron chi connectivity index (χ4n) is 4.78. The van der Waals surface area contributed by atoms with E-state index in [0.29, 0.717) is 10.8 Å². The summed E-state index contributed by atoms with van der Waals surface area (Å²) in [5.41, 5.74) is 1.06. The highest BCUT2D eigenvalue weighted by Crippen LogP contribution is 2.46. The molecule has 2 fully saturated rings. The van der Waals surface area contributed by atoms with E-state index < -0.39 is 0 Å². The number of nitrogens with one attached hydrogen (secondary N) is 1. The van der Waals surface area contributed by atoms with Gasteiger partial charge in [0.2, 0.25) is 0 Å². The summed E-state index contributed by atoms with van der Waals surface area (Å²) < 4.78 is 0. The summed E-state index contributed by atoms with van der Waals surface area (Å²) in [6.07, 6.45) is 10.1. The highest BCUT2D eigenvalue weighted by Gasteiger charge is 2.36. The van der Waals surface area contributed by atoms with Crippen molar-refractivity contribution >= 4 is 0 Å². The van der Waals surface area contributed by atoms with E-state index in [0.717, 1.165) is 17.8 Å². The molecule has 2 aliphatic rings. The Morgan fingerprint density at radius 2 is 1.50 bits per heavy atom. The highest BCUT2D eigenvalue weighted by molar-refractivity contribution is 4.88. The maximum absolute atomic E-state index is 3.52. The van der Waals surface area contributed by atoms with Crippen molar-refractivity contribution in [1.82, 2.24) is 5.32 Å². The predicted molar refractivity (Wildman–Crippen MR) is 88.9 cm³/mol. The Bertz CT molecular complexity index is 293. The summed E-state index contributed by atoms with van der Waals surface area (Å²) in [5.74, 6) is 2.88. The second-order valence-electron chi connectivity index (χ2n) is 9.31. The summed E-state index contributed by atoms with van der Waals surface area (Å²) in [7, 11) is 0. The van der Waals surface area contributed by atoms with Crippen molar-refractivity contribution in [3.05, 3.63) is 0 Å². The second kappa shape index (κ2) is 6.38. The number of rotatable bonds is 3. The Kier molecular flexibility index (Phi) is 5.21. The molecule has 1 heterocycles. The van der Waals surface area contributed by atoms with Crippen molar-refractivity contribution in [1.29, 1.82) is 0 Å². The molecular weight excluding hydrogens is 242 g/mol. The molecule has 0 aromatic heterocycles. The van der Waals surface area contributed by atoms with E-state index in [4.69, 9.17) is 0 Å². The molecular formula is C19H37N. The van der Waals surface area contributed by atoms with E-state index in [1.165, 1.54) is 58.0 Å². The summed E-state index contributed by atoms with van der Waals surface area (Å²) >= 11 is 0. The first kappa shape index (κ1) is 16.3. The van der Waals surface area contributed by atoms with Crippen molar-refractivity contribution < 1.29 is 0 Å². The lowest BCUT2D eigenvalue weighted by atomic mass is 9.63. The van der Waals surface area contributed by atoms with E-state index >= 15 is 0 Å². The van der Waals surface area contributed by atoms with Gasteiger partial charge in [0.1, 0.15) is 0 Å². The van der Waals surface area contributed by atoms with E-state index in [-0.39, 0.29) is 0 Å². The maximum Gasteiger partial charge on any atom is -0.00461 e. The SMILES string of the molecule is CC(C)(C)C1CCCC(CC(C)(C)C2CCNCC2)C1. The van der Waals surface area contributed by atoms with Crippen LogP contribution < -0.4 is 5.32 Å². The summed E-state index contributed by atoms with van der Waals surface area (Å²) in [5, 5.41) is 3.52. The Balaban J connectivity index is 1.91. The van der Waals surface area contributed by atoms with Gasteiger partial charge in [0, 0.05) is 0 Å². The number of piperidine rings is 1. The van der Waals surface area contributed by atoms with Gasteiger partial charge < -0.3 is 5.32 Å². The van der Waals surface area contributed by atoms with E-state index in [1.54, 1.807) is 0 Å². The molecule has 0 aromatic rings. The van der Waals surface area contributed by atoms with Crippen LogP contribution in [0.15, 0.2) is 0 Å². The van der Waals surface area contributed by atoms with E-state index in [9.17, 15) is 0 Å². The Labute approximate surface area is 127 Å². The average Bonchev–Trinajstić information content (AvgIpc) is 2.38. The molecule has 1 aliphatic carbocycles. The predicted octanol–water partition coefficient (Wildman–Crippen LogP) is 5.25. The van der Waals surface area contributed by atoms with Gasteiger partial charge in [-0.1, -0.05) is 47.5 Å². The Morgan fingerprint density at radius 1 is 0.850 bits per heavy atom. The lowest BCUT2D eigenvalue weighted by Gasteiger charge is -2.43. The van der Waals surface area contributed by atoms with Crippen LogP contribution in [-0.2, 0) is 0 Å². The zero-order valence-corrected chi connectivity index (χ0v) is 14.6. The lowest BCUT2D eigenvalue weighted by molar-refractivity contribution is 0.0783. The topological polar surface area (TPSA) is 12.0 Å². The zero-order chi connectivity index (χ0) is 14.8. The lowest BCUT2D eigenvalue weighted by Crippen LogP contribution is -2.37. The van der Waals surface area contributed by atoms with Gasteiger partial charge >= 0.3 is 0 Å². The molecule has 1 saturated carbocycles. The fourth-order valence-corrected chi connectivity index (χ4v) is 4.78. The van der Waals surface area contributed by atoms with Gasteiger partial charge in [-0.15, -0.1) is 0 Å². The zero-order valence-electron chi connectivity index (χ0n) is 14.6. The monoisotopic (exact) mass is 279 g/mol. The minimum absolute atomic E-state index is 0.511. The van der Waals surface area contributed by atoms with Crippen LogP contribution >= 0.6 is 0 Å². The summed E-state index contributed by atoms with van der Waals surface area (Å²) in [4.78, 5) is 0. The molecule has 1 saturated heterocycles. The Hall–Kier alpha value is -0.0400. The maximum atomic E-state index is 3.52. The van der Waals surface area contributed by atoms with Crippen molar-refractivity contribution in [3.8, 4) is 0 Å². The second-order valence-corrected chi connectivity index (χ2v) is 9.31. The first-order valence-corrected chi connectivity index (χ1v) is 9.00. The quantitative estimate of drug-likeness (QED) is 0.743. The molecule has 2 unspecified atom stereocenters. The van der Waals surface area contributed by atoms with Crippen LogP contribution in [0.1, 0.15) is 79.6 Å². The van der Waals surface area contributed by atoms with Gasteiger partial charge in [0.25, 0.3) is 0 Å². The first-order chi connectivity index (χ1) is 9.29. The van der Waals surface area contributed by atoms with Crippen molar-refractivity contribution in [2.45, 2.75) is 79.6 Å². The van der Waals surface area contributed by atoms with Crippen LogP contribution in [0, 0.1) is 28.6 Å². The average molecular weight is 280 g/mol. The highest BCUT2D eigenvalue weighted by atomic mass is 14.9. The van der Waals surface area contributed by atoms with Gasteiger partial charge in [-0.2, -0.15) is 0 Å². The molecule has 0 amide bonds. The van der Waals surface area contributed by atoms with Crippen molar-refractivity contribution in [2.24, 2.45) is 28.6 Å². The van der Waals surface area contributed by atoms with Gasteiger partial charge in [0.15, 0.2) is 0 Å². The molecule has 0 aromatic carbocycles. The molecule has 1 heteroatoms. The van der Waals surface area contributed by atoms with Crippen molar-refractivity contribution in [2.75, 3.05) is 13.1 Å². The van der Waals surface area contributed by atoms with Gasteiger partial charge in [-0.3, -0.25) is 0 Å². The third-order valence-corrected chi connectivity index (χ3v) is 6.27. The minimum atomic E-state index is 0.511. The van der Waals surface area contributed by atoms with E-state index in [1.807, 2.05) is 0 Å². The smallest absolute Gasteiger partial charge is 0.00461 e. The third kappa shape index (κ3) is 4.23. The molecule has 2 atom stereocenters. The largest absolute Gasteiger partial charge is 0.317 e. The van der Waals surface area contributed by atoms with E-state index in [2.05, 4.69) is 39.9 Å². The van der Waals surface area contributed by atoms with Crippen LogP contribution in [0.25, 0.3) is 0 Å². The van der Waals surface area contributed by atoms with Gasteiger partial charge in [0.05, 0.1) is 0 Å². The van der Waals surface area contributed by atoms with Crippen LogP contribution in [0.4, 0.5) is 0 Å². The minimum Gasteiger partial charge on any atom is -0.317 e. The number of hydrogen-bond acceptors (Lipinski definition) is 1. The molecule has 118 valence electrons. The van der Waals surface area contributed by atoms with Crippen LogP contribution in [-0.4, -0.2) is 13.1 Å². The number of hydrogen-bond donors (Lipinski definition) is 1. The molecule has 0 bridgehead atoms. The van der Waals surface area contributed by atoms with Crippen LogP contribution in [0.3, 0.4) is 0 Å². The molecule has 1 N–H and O–H groups in total. The fraction of sp³-hybridized carbons (Fsp3) is 1.00.